The first-order valence-electron chi connectivity index (χ1n) is 6.06. The molecule has 0 aromatic heterocycles. The number of anilines is 1. The number of rotatable bonds is 3. The topological polar surface area (TPSA) is 50.4 Å². The second-order valence-corrected chi connectivity index (χ2v) is 4.79. The Morgan fingerprint density at radius 2 is 2.39 bits per heavy atom. The van der Waals surface area contributed by atoms with Gasteiger partial charge in [0, 0.05) is 18.3 Å². The maximum atomic E-state index is 12.0. The first kappa shape index (κ1) is 13.2. The number of carbonyl (C=O) groups excluding carboxylic acids is 1. The van der Waals surface area contributed by atoms with Gasteiger partial charge in [-0.25, -0.2) is 0 Å². The highest BCUT2D eigenvalue weighted by atomic mass is 35.5. The number of ether oxygens (including phenoxy) is 1. The van der Waals surface area contributed by atoms with Gasteiger partial charge in [-0.2, -0.15) is 0 Å². The molecule has 1 aromatic carbocycles. The Kier molecular flexibility index (Phi) is 4.44. The molecular weight excluding hydrogens is 252 g/mol. The maximum Gasteiger partial charge on any atom is 0.228 e. The molecule has 1 aliphatic rings. The molecule has 98 valence electrons. The molecule has 0 saturated carbocycles. The number of hydrogen-bond acceptors (Lipinski definition) is 3. The average Bonchev–Trinajstić information content (AvgIpc) is 2.42. The molecule has 1 fully saturated rings. The molecule has 0 spiro atoms. The summed E-state index contributed by atoms with van der Waals surface area (Å²) in [6.45, 7) is 1.75. The van der Waals surface area contributed by atoms with Gasteiger partial charge in [-0.3, -0.25) is 4.79 Å². The van der Waals surface area contributed by atoms with Crippen molar-refractivity contribution < 1.29 is 9.53 Å². The van der Waals surface area contributed by atoms with E-state index >= 15 is 0 Å². The zero-order valence-corrected chi connectivity index (χ0v) is 11.1. The van der Waals surface area contributed by atoms with Crippen molar-refractivity contribution in [2.24, 2.45) is 5.92 Å². The number of amides is 1. The summed E-state index contributed by atoms with van der Waals surface area (Å²) in [6, 6.07) is 5.23. The van der Waals surface area contributed by atoms with Gasteiger partial charge in [0.25, 0.3) is 0 Å². The van der Waals surface area contributed by atoms with Crippen LogP contribution in [0.15, 0.2) is 18.2 Å². The van der Waals surface area contributed by atoms with E-state index in [0.29, 0.717) is 16.5 Å². The number of hydrogen-bond donors (Lipinski definition) is 2. The molecule has 1 unspecified atom stereocenters. The van der Waals surface area contributed by atoms with Crippen LogP contribution in [-0.4, -0.2) is 26.1 Å². The largest absolute Gasteiger partial charge is 0.495 e. The predicted octanol–water partition coefficient (Wildman–Crippen LogP) is 2.29. The quantitative estimate of drug-likeness (QED) is 0.884. The molecule has 1 saturated heterocycles. The number of piperidine rings is 1. The molecule has 4 nitrogen and oxygen atoms in total. The highest BCUT2D eigenvalue weighted by Crippen LogP contribution is 2.27. The van der Waals surface area contributed by atoms with E-state index in [1.165, 1.54) is 0 Å². The molecule has 1 atom stereocenters. The van der Waals surface area contributed by atoms with Crippen molar-refractivity contribution in [1.82, 2.24) is 5.32 Å². The molecular formula is C13H17ClN2O2. The molecule has 1 amide bonds. The van der Waals surface area contributed by atoms with Crippen LogP contribution in [-0.2, 0) is 4.79 Å². The van der Waals surface area contributed by atoms with E-state index in [0.717, 1.165) is 25.9 Å². The van der Waals surface area contributed by atoms with E-state index in [4.69, 9.17) is 16.3 Å². The van der Waals surface area contributed by atoms with Crippen molar-refractivity contribution in [3.63, 3.8) is 0 Å². The minimum Gasteiger partial charge on any atom is -0.495 e. The first-order chi connectivity index (χ1) is 8.70. The van der Waals surface area contributed by atoms with Crippen molar-refractivity contribution in [3.05, 3.63) is 23.2 Å². The van der Waals surface area contributed by atoms with E-state index in [1.807, 2.05) is 0 Å². The zero-order valence-electron chi connectivity index (χ0n) is 10.3. The molecule has 1 aromatic rings. The summed E-state index contributed by atoms with van der Waals surface area (Å²) in [4.78, 5) is 12.0. The maximum absolute atomic E-state index is 12.0. The number of methoxy groups -OCH3 is 1. The van der Waals surface area contributed by atoms with Gasteiger partial charge >= 0.3 is 0 Å². The van der Waals surface area contributed by atoms with Gasteiger partial charge < -0.3 is 15.4 Å². The Labute approximate surface area is 112 Å². The fourth-order valence-corrected chi connectivity index (χ4v) is 2.25. The third-order valence-electron chi connectivity index (χ3n) is 3.09. The van der Waals surface area contributed by atoms with Crippen LogP contribution in [0, 0.1) is 5.92 Å². The number of nitrogens with one attached hydrogen (secondary N) is 2. The normalized spacial score (nSPS) is 19.3. The molecule has 1 heterocycles. The van der Waals surface area contributed by atoms with Crippen LogP contribution >= 0.6 is 11.6 Å². The molecule has 0 radical (unpaired) electrons. The zero-order chi connectivity index (χ0) is 13.0. The number of carbonyl (C=O) groups is 1. The molecule has 1 aliphatic heterocycles. The van der Waals surface area contributed by atoms with E-state index in [1.54, 1.807) is 25.3 Å². The van der Waals surface area contributed by atoms with Gasteiger partial charge in [-0.1, -0.05) is 11.6 Å². The summed E-state index contributed by atoms with van der Waals surface area (Å²) in [7, 11) is 1.55. The Morgan fingerprint density at radius 1 is 1.56 bits per heavy atom. The van der Waals surface area contributed by atoms with Gasteiger partial charge in [0.15, 0.2) is 0 Å². The first-order valence-corrected chi connectivity index (χ1v) is 6.43. The number of halogens is 1. The highest BCUT2D eigenvalue weighted by Gasteiger charge is 2.20. The summed E-state index contributed by atoms with van der Waals surface area (Å²) >= 11 is 5.93. The van der Waals surface area contributed by atoms with Crippen LogP contribution in [0.3, 0.4) is 0 Å². The fourth-order valence-electron chi connectivity index (χ4n) is 2.06. The SMILES string of the molecule is COc1cc(NC(=O)C2CCCNC2)ccc1Cl. The summed E-state index contributed by atoms with van der Waals surface area (Å²) in [5.41, 5.74) is 0.715. The van der Waals surface area contributed by atoms with Gasteiger partial charge in [-0.15, -0.1) is 0 Å². The smallest absolute Gasteiger partial charge is 0.228 e. The Bertz CT molecular complexity index is 431. The Morgan fingerprint density at radius 3 is 3.06 bits per heavy atom. The van der Waals surface area contributed by atoms with E-state index in [9.17, 15) is 4.79 Å². The molecule has 18 heavy (non-hydrogen) atoms. The summed E-state index contributed by atoms with van der Waals surface area (Å²) in [5, 5.41) is 6.66. The molecule has 0 bridgehead atoms. The van der Waals surface area contributed by atoms with Crippen molar-refractivity contribution in [3.8, 4) is 5.75 Å². The van der Waals surface area contributed by atoms with Gasteiger partial charge in [0.2, 0.25) is 5.91 Å². The van der Waals surface area contributed by atoms with Crippen molar-refractivity contribution in [2.45, 2.75) is 12.8 Å². The van der Waals surface area contributed by atoms with Crippen molar-refractivity contribution in [1.29, 1.82) is 0 Å². The lowest BCUT2D eigenvalue weighted by molar-refractivity contribution is -0.120. The third kappa shape index (κ3) is 3.15. The lowest BCUT2D eigenvalue weighted by atomic mass is 9.99. The van der Waals surface area contributed by atoms with Gasteiger partial charge in [0.1, 0.15) is 5.75 Å². The van der Waals surface area contributed by atoms with E-state index < -0.39 is 0 Å². The predicted molar refractivity (Wildman–Crippen MR) is 72.2 cm³/mol. The molecule has 2 rings (SSSR count). The minimum atomic E-state index is 0.0421. The Balaban J connectivity index is 2.02. The molecule has 0 aliphatic carbocycles. The fraction of sp³-hybridized carbons (Fsp3) is 0.462. The van der Waals surface area contributed by atoms with E-state index in [2.05, 4.69) is 10.6 Å². The van der Waals surface area contributed by atoms with Gasteiger partial charge in [0.05, 0.1) is 18.1 Å². The van der Waals surface area contributed by atoms with E-state index in [-0.39, 0.29) is 11.8 Å². The highest BCUT2D eigenvalue weighted by molar-refractivity contribution is 6.32. The average molecular weight is 269 g/mol. The number of benzene rings is 1. The van der Waals surface area contributed by atoms with Crippen LogP contribution in [0.5, 0.6) is 5.75 Å². The summed E-state index contributed by atoms with van der Waals surface area (Å²) in [5.74, 6) is 0.656. The molecule has 2 N–H and O–H groups in total. The summed E-state index contributed by atoms with van der Waals surface area (Å²) in [6.07, 6.45) is 1.98. The molecule has 5 heteroatoms. The lowest BCUT2D eigenvalue weighted by Gasteiger charge is -2.22. The van der Waals surface area contributed by atoms with Crippen LogP contribution in [0.1, 0.15) is 12.8 Å². The van der Waals surface area contributed by atoms with Crippen LogP contribution in [0.2, 0.25) is 5.02 Å². The third-order valence-corrected chi connectivity index (χ3v) is 3.40. The Hall–Kier alpha value is -1.26. The standard InChI is InChI=1S/C13H17ClN2O2/c1-18-12-7-10(4-5-11(12)14)16-13(17)9-3-2-6-15-8-9/h4-5,7,9,15H,2-3,6,8H2,1H3,(H,16,17). The van der Waals surface area contributed by atoms with Gasteiger partial charge in [-0.05, 0) is 31.5 Å². The van der Waals surface area contributed by atoms with Crippen LogP contribution < -0.4 is 15.4 Å². The van der Waals surface area contributed by atoms with Crippen LogP contribution in [0.25, 0.3) is 0 Å². The minimum absolute atomic E-state index is 0.0421. The second kappa shape index (κ2) is 6.07. The summed E-state index contributed by atoms with van der Waals surface area (Å²) < 4.78 is 5.12. The second-order valence-electron chi connectivity index (χ2n) is 4.38. The monoisotopic (exact) mass is 268 g/mol. The van der Waals surface area contributed by atoms with Crippen LogP contribution in [0.4, 0.5) is 5.69 Å². The lowest BCUT2D eigenvalue weighted by Crippen LogP contribution is -2.37. The van der Waals surface area contributed by atoms with Crippen molar-refractivity contribution >= 4 is 23.2 Å². The van der Waals surface area contributed by atoms with Crippen molar-refractivity contribution in [2.75, 3.05) is 25.5 Å².